The Labute approximate surface area is 166 Å². The lowest BCUT2D eigenvalue weighted by atomic mass is 10.2. The van der Waals surface area contributed by atoms with E-state index in [-0.39, 0.29) is 21.9 Å². The molecule has 28 heavy (non-hydrogen) atoms. The van der Waals surface area contributed by atoms with E-state index in [1.54, 1.807) is 41.8 Å². The van der Waals surface area contributed by atoms with Crippen molar-refractivity contribution in [2.45, 2.75) is 0 Å². The van der Waals surface area contributed by atoms with Gasteiger partial charge in [0, 0.05) is 17.0 Å². The number of nitrogens with one attached hydrogen (secondary N) is 1. The smallest absolute Gasteiger partial charge is 0.346 e. The van der Waals surface area contributed by atoms with Gasteiger partial charge in [0.2, 0.25) is 11.1 Å². The van der Waals surface area contributed by atoms with Crippen molar-refractivity contribution >= 4 is 44.9 Å². The van der Waals surface area contributed by atoms with E-state index in [1.165, 1.54) is 12.1 Å². The lowest BCUT2D eigenvalue weighted by Gasteiger charge is -2.13. The van der Waals surface area contributed by atoms with Gasteiger partial charge in [-0.05, 0) is 41.8 Å². The van der Waals surface area contributed by atoms with Crippen LogP contribution in [0.15, 0.2) is 74.1 Å². The normalized spacial score (nSPS) is 15.9. The summed E-state index contributed by atoms with van der Waals surface area (Å²) in [4.78, 5) is 12.6. The minimum atomic E-state index is -1.64. The summed E-state index contributed by atoms with van der Waals surface area (Å²) in [5, 5.41) is 19.8. The highest BCUT2D eigenvalue weighted by Crippen LogP contribution is 2.29. The molecule has 6 nitrogen and oxygen atoms in total. The number of fused-ring (bicyclic) bond motifs is 2. The minimum absolute atomic E-state index is 0.00617. The van der Waals surface area contributed by atoms with Crippen molar-refractivity contribution in [3.05, 3.63) is 86.5 Å². The number of phenolic OH excluding ortho intramolecular Hbond substituents is 1. The molecule has 2 aromatic carbocycles. The van der Waals surface area contributed by atoms with Gasteiger partial charge in [-0.3, -0.25) is 5.41 Å². The molecule has 1 aromatic heterocycles. The first-order valence-electron chi connectivity index (χ1n) is 8.11. The predicted octanol–water partition coefficient (Wildman–Crippen LogP) is 4.17. The number of hydrogen-bond acceptors (Lipinski definition) is 7. The van der Waals surface area contributed by atoms with Crippen molar-refractivity contribution in [2.24, 2.45) is 0 Å². The van der Waals surface area contributed by atoms with E-state index in [0.717, 1.165) is 17.3 Å². The molecule has 4 rings (SSSR count). The molecule has 1 aliphatic heterocycles. The molecule has 2 N–H and O–H groups in total. The Morgan fingerprint density at radius 1 is 1.18 bits per heavy atom. The zero-order valence-electron chi connectivity index (χ0n) is 14.2. The third-order valence-corrected chi connectivity index (χ3v) is 5.65. The van der Waals surface area contributed by atoms with Crippen LogP contribution in [0.1, 0.15) is 11.1 Å². The zero-order valence-corrected chi connectivity index (χ0v) is 15.9. The van der Waals surface area contributed by atoms with Crippen LogP contribution >= 0.6 is 11.8 Å². The predicted molar refractivity (Wildman–Crippen MR) is 111 cm³/mol. The second kappa shape index (κ2) is 7.49. The highest BCUT2D eigenvalue weighted by atomic mass is 32.2. The van der Waals surface area contributed by atoms with Crippen LogP contribution in [0, 0.1) is 5.41 Å². The summed E-state index contributed by atoms with van der Waals surface area (Å²) < 4.78 is 22.7. The fourth-order valence-electron chi connectivity index (χ4n) is 2.60. The van der Waals surface area contributed by atoms with Gasteiger partial charge >= 0.3 is 5.63 Å². The molecule has 0 aliphatic carbocycles. The Bertz CT molecular complexity index is 1240. The van der Waals surface area contributed by atoms with Crippen LogP contribution in [0.2, 0.25) is 0 Å². The summed E-state index contributed by atoms with van der Waals surface area (Å²) in [5.41, 5.74) is 0.510. The fraction of sp³-hybridized carbons (Fsp3) is 0. The number of thioether (sulfide) groups is 1. The average Bonchev–Trinajstić information content (AvgIpc) is 2.67. The largest absolute Gasteiger partial charge is 0.508 e. The van der Waals surface area contributed by atoms with E-state index in [4.69, 9.17) is 14.0 Å². The first-order valence-corrected chi connectivity index (χ1v) is 10.1. The third kappa shape index (κ3) is 3.64. The molecular formula is C20H13NO5S2. The fourth-order valence-corrected chi connectivity index (χ4v) is 4.12. The quantitative estimate of drug-likeness (QED) is 0.381. The van der Waals surface area contributed by atoms with Gasteiger partial charge in [-0.15, -0.1) is 0 Å². The molecule has 140 valence electrons. The second-order valence-electron chi connectivity index (χ2n) is 5.82. The van der Waals surface area contributed by atoms with Crippen molar-refractivity contribution in [3.63, 3.8) is 0 Å². The van der Waals surface area contributed by atoms with Gasteiger partial charge in [0.1, 0.15) is 22.1 Å². The Kier molecular flexibility index (Phi) is 4.89. The average molecular weight is 411 g/mol. The Balaban J connectivity index is 1.55. The van der Waals surface area contributed by atoms with Gasteiger partial charge in [0.15, 0.2) is 0 Å². The zero-order chi connectivity index (χ0) is 19.7. The van der Waals surface area contributed by atoms with Gasteiger partial charge in [-0.25, -0.2) is 9.00 Å². The summed E-state index contributed by atoms with van der Waals surface area (Å²) in [6, 6.07) is 13.2. The standard InChI is InChI=1S/C20H13NO5S2/c21-19(16-10-13-5-6-14(22)11-18(13)25-20(16)23)27-8-7-15-9-12-3-1-2-4-17(12)26-28(15)24/h1-11,21-22H/b8-7+,21-19?. The first-order chi connectivity index (χ1) is 13.5. The van der Waals surface area contributed by atoms with Crippen LogP contribution in [-0.4, -0.2) is 14.4 Å². The first kappa shape index (κ1) is 18.3. The Morgan fingerprint density at radius 2 is 2.00 bits per heavy atom. The van der Waals surface area contributed by atoms with Gasteiger partial charge in [0.25, 0.3) is 0 Å². The van der Waals surface area contributed by atoms with Crippen molar-refractivity contribution in [1.82, 2.24) is 0 Å². The van der Waals surface area contributed by atoms with Crippen molar-refractivity contribution < 1.29 is 17.9 Å². The molecule has 3 aromatic rings. The molecule has 2 heterocycles. The SMILES string of the molecule is N=C(S/C=C/C1=Cc2ccccc2OS1=O)c1cc2ccc(O)cc2oc1=O. The van der Waals surface area contributed by atoms with Crippen LogP contribution in [0.4, 0.5) is 0 Å². The van der Waals surface area contributed by atoms with Crippen LogP contribution < -0.4 is 9.81 Å². The number of para-hydroxylation sites is 1. The number of phenols is 1. The van der Waals surface area contributed by atoms with Gasteiger partial charge in [-0.1, -0.05) is 30.0 Å². The Hall–Kier alpha value is -3.10. The monoisotopic (exact) mass is 411 g/mol. The van der Waals surface area contributed by atoms with Crippen molar-refractivity contribution in [1.29, 1.82) is 5.41 Å². The summed E-state index contributed by atoms with van der Waals surface area (Å²) in [5.74, 6) is 0.548. The van der Waals surface area contributed by atoms with Crippen LogP contribution in [0.5, 0.6) is 11.5 Å². The lowest BCUT2D eigenvalue weighted by Crippen LogP contribution is -2.11. The van der Waals surface area contributed by atoms with Gasteiger partial charge in [-0.2, -0.15) is 0 Å². The molecule has 0 saturated carbocycles. The molecule has 0 spiro atoms. The van der Waals surface area contributed by atoms with Crippen LogP contribution in [-0.2, 0) is 11.1 Å². The van der Waals surface area contributed by atoms with E-state index in [0.29, 0.717) is 16.0 Å². The van der Waals surface area contributed by atoms with Crippen molar-refractivity contribution in [3.8, 4) is 11.5 Å². The molecule has 0 radical (unpaired) electrons. The molecule has 0 bridgehead atoms. The second-order valence-corrected chi connectivity index (χ2v) is 7.85. The van der Waals surface area contributed by atoms with E-state index in [1.807, 2.05) is 12.1 Å². The van der Waals surface area contributed by atoms with E-state index >= 15 is 0 Å². The summed E-state index contributed by atoms with van der Waals surface area (Å²) >= 11 is -0.642. The maximum atomic E-state index is 12.2. The highest BCUT2D eigenvalue weighted by Gasteiger charge is 2.17. The van der Waals surface area contributed by atoms with E-state index in [9.17, 15) is 14.1 Å². The highest BCUT2D eigenvalue weighted by molar-refractivity contribution is 8.16. The maximum absolute atomic E-state index is 12.2. The topological polar surface area (TPSA) is 101 Å². The number of aromatic hydroxyl groups is 1. The van der Waals surface area contributed by atoms with E-state index < -0.39 is 16.7 Å². The summed E-state index contributed by atoms with van der Waals surface area (Å²) in [6.07, 6.45) is 3.35. The molecule has 0 amide bonds. The summed E-state index contributed by atoms with van der Waals surface area (Å²) in [7, 11) is 0. The number of allylic oxidation sites excluding steroid dienone is 1. The minimum Gasteiger partial charge on any atom is -0.508 e. The Morgan fingerprint density at radius 3 is 2.86 bits per heavy atom. The number of rotatable bonds is 3. The maximum Gasteiger partial charge on any atom is 0.346 e. The third-order valence-electron chi connectivity index (χ3n) is 3.96. The van der Waals surface area contributed by atoms with Crippen LogP contribution in [0.3, 0.4) is 0 Å². The molecule has 1 aliphatic rings. The molecule has 0 saturated heterocycles. The van der Waals surface area contributed by atoms with Gasteiger partial charge < -0.3 is 13.7 Å². The summed E-state index contributed by atoms with van der Waals surface area (Å²) in [6.45, 7) is 0. The van der Waals surface area contributed by atoms with Gasteiger partial charge in [0.05, 0.1) is 10.5 Å². The van der Waals surface area contributed by atoms with Crippen molar-refractivity contribution in [2.75, 3.05) is 0 Å². The molecular weight excluding hydrogens is 398 g/mol. The molecule has 1 unspecified atom stereocenters. The molecule has 8 heteroatoms. The lowest BCUT2D eigenvalue weighted by molar-refractivity contribution is 0.473. The molecule has 1 atom stereocenters. The van der Waals surface area contributed by atoms with Crippen LogP contribution in [0.25, 0.3) is 17.0 Å². The molecule has 0 fully saturated rings. The number of benzene rings is 2. The number of hydrogen-bond donors (Lipinski definition) is 2. The van der Waals surface area contributed by atoms with E-state index in [2.05, 4.69) is 0 Å².